The molecule has 0 aliphatic carbocycles. The number of aromatic nitrogens is 1. The van der Waals surface area contributed by atoms with E-state index in [1.54, 1.807) is 6.20 Å². The minimum atomic E-state index is -1.42. The van der Waals surface area contributed by atoms with Gasteiger partial charge >= 0.3 is 0 Å². The fourth-order valence-corrected chi connectivity index (χ4v) is 2.86. The maximum Gasteiger partial charge on any atom is 0.263 e. The van der Waals surface area contributed by atoms with E-state index in [-0.39, 0.29) is 0 Å². The monoisotopic (exact) mass is 329 g/mol. The van der Waals surface area contributed by atoms with Crippen molar-refractivity contribution in [2.24, 2.45) is 9.98 Å². The van der Waals surface area contributed by atoms with Gasteiger partial charge in [-0.05, 0) is 12.1 Å². The Morgan fingerprint density at radius 1 is 0.800 bits per heavy atom. The molecule has 0 saturated heterocycles. The van der Waals surface area contributed by atoms with E-state index in [2.05, 4.69) is 15.0 Å². The van der Waals surface area contributed by atoms with Gasteiger partial charge in [0.2, 0.25) is 0 Å². The van der Waals surface area contributed by atoms with Crippen LogP contribution in [-0.2, 0) is 10.6 Å². The van der Waals surface area contributed by atoms with Crippen molar-refractivity contribution in [2.45, 2.75) is 5.72 Å². The Labute approximate surface area is 144 Å². The fraction of sp³-hybridized carbons (Fsp3) is 0.0500. The third-order valence-electron chi connectivity index (χ3n) is 4.04. The highest BCUT2D eigenvalue weighted by molar-refractivity contribution is 6.19. The molecule has 5 heteroatoms. The number of amidine groups is 1. The van der Waals surface area contributed by atoms with E-state index in [9.17, 15) is 5.26 Å². The predicted molar refractivity (Wildman–Crippen MR) is 95.6 cm³/mol. The van der Waals surface area contributed by atoms with Gasteiger partial charge in [-0.15, -0.1) is 0 Å². The van der Waals surface area contributed by atoms with Crippen molar-refractivity contribution < 1.29 is 10.1 Å². The summed E-state index contributed by atoms with van der Waals surface area (Å²) in [5.74, 6) is 0.414. The molecule has 0 spiro atoms. The summed E-state index contributed by atoms with van der Waals surface area (Å²) in [5, 5.41) is 9.86. The van der Waals surface area contributed by atoms with Crippen LogP contribution in [0.5, 0.6) is 0 Å². The molecule has 0 saturated carbocycles. The van der Waals surface area contributed by atoms with Crippen LogP contribution in [0.4, 0.5) is 0 Å². The molecule has 0 amide bonds. The Kier molecular flexibility index (Phi) is 3.93. The van der Waals surface area contributed by atoms with E-state index < -0.39 is 5.72 Å². The predicted octanol–water partition coefficient (Wildman–Crippen LogP) is 3.67. The zero-order valence-electron chi connectivity index (χ0n) is 13.3. The van der Waals surface area contributed by atoms with Crippen molar-refractivity contribution in [1.29, 1.82) is 0 Å². The first kappa shape index (κ1) is 15.4. The normalized spacial score (nSPS) is 19.4. The van der Waals surface area contributed by atoms with Gasteiger partial charge in [0, 0.05) is 17.3 Å². The minimum Gasteiger partial charge on any atom is -0.253 e. The number of aliphatic imine (C=N–C) groups is 2. The third kappa shape index (κ3) is 2.65. The molecule has 2 heterocycles. The summed E-state index contributed by atoms with van der Waals surface area (Å²) in [4.78, 5) is 18.5. The second-order valence-electron chi connectivity index (χ2n) is 5.58. The van der Waals surface area contributed by atoms with Crippen LogP contribution in [-0.4, -0.2) is 21.8 Å². The second-order valence-corrected chi connectivity index (χ2v) is 5.58. The molecule has 0 fully saturated rings. The molecule has 1 aliphatic heterocycles. The van der Waals surface area contributed by atoms with Gasteiger partial charge in [0.1, 0.15) is 11.4 Å². The van der Waals surface area contributed by atoms with E-state index in [1.165, 1.54) is 0 Å². The highest BCUT2D eigenvalue weighted by atomic mass is 17.1. The number of hydrogen-bond acceptors (Lipinski definition) is 5. The summed E-state index contributed by atoms with van der Waals surface area (Å²) < 4.78 is 0. The number of pyridine rings is 1. The Balaban J connectivity index is 1.93. The molecular formula is C20H15N3O2. The molecule has 1 atom stereocenters. The van der Waals surface area contributed by atoms with E-state index in [0.717, 1.165) is 5.56 Å². The molecule has 5 nitrogen and oxygen atoms in total. The maximum absolute atomic E-state index is 9.86. The molecule has 1 N–H and O–H groups in total. The molecule has 2 aromatic carbocycles. The lowest BCUT2D eigenvalue weighted by atomic mass is 9.93. The van der Waals surface area contributed by atoms with Crippen molar-refractivity contribution in [2.75, 3.05) is 0 Å². The number of benzene rings is 2. The molecule has 4 rings (SSSR count). The first-order valence-corrected chi connectivity index (χ1v) is 7.87. The lowest BCUT2D eigenvalue weighted by Gasteiger charge is -2.24. The highest BCUT2D eigenvalue weighted by Crippen LogP contribution is 2.36. The molecule has 0 bridgehead atoms. The zero-order chi connectivity index (χ0) is 17.1. The summed E-state index contributed by atoms with van der Waals surface area (Å²) in [5.41, 5.74) is 1.21. The third-order valence-corrected chi connectivity index (χ3v) is 4.04. The number of nitrogens with zero attached hydrogens (tertiary/aromatic N) is 3. The molecule has 0 radical (unpaired) electrons. The molecule has 3 aromatic rings. The quantitative estimate of drug-likeness (QED) is 0.586. The van der Waals surface area contributed by atoms with Gasteiger partial charge in [0.25, 0.3) is 5.72 Å². The lowest BCUT2D eigenvalue weighted by molar-refractivity contribution is -0.302. The van der Waals surface area contributed by atoms with Crippen LogP contribution in [0.1, 0.15) is 16.8 Å². The summed E-state index contributed by atoms with van der Waals surface area (Å²) in [6.45, 7) is 0. The van der Waals surface area contributed by atoms with Gasteiger partial charge in [0.05, 0.1) is 0 Å². The van der Waals surface area contributed by atoms with Gasteiger partial charge in [-0.1, -0.05) is 66.7 Å². The van der Waals surface area contributed by atoms with Crippen molar-refractivity contribution in [3.8, 4) is 0 Å². The summed E-state index contributed by atoms with van der Waals surface area (Å²) in [6, 6.07) is 24.4. The Morgan fingerprint density at radius 3 is 2.12 bits per heavy atom. The van der Waals surface area contributed by atoms with Gasteiger partial charge in [-0.2, -0.15) is 4.89 Å². The van der Waals surface area contributed by atoms with E-state index in [0.29, 0.717) is 22.8 Å². The van der Waals surface area contributed by atoms with Crippen molar-refractivity contribution in [1.82, 2.24) is 4.98 Å². The second kappa shape index (κ2) is 6.39. The SMILES string of the molecule is OOC1(c2ccccc2)N=C(c2ccccn2)N=C1c1ccccc1. The van der Waals surface area contributed by atoms with Gasteiger partial charge in [0.15, 0.2) is 5.84 Å². The fourth-order valence-electron chi connectivity index (χ4n) is 2.86. The van der Waals surface area contributed by atoms with Crippen molar-refractivity contribution in [3.05, 3.63) is 102 Å². The van der Waals surface area contributed by atoms with Crippen LogP contribution in [0.25, 0.3) is 0 Å². The van der Waals surface area contributed by atoms with E-state index in [4.69, 9.17) is 4.89 Å². The Bertz CT molecular complexity index is 925. The van der Waals surface area contributed by atoms with E-state index in [1.807, 2.05) is 78.9 Å². The topological polar surface area (TPSA) is 67.1 Å². The first-order valence-electron chi connectivity index (χ1n) is 7.87. The van der Waals surface area contributed by atoms with Crippen molar-refractivity contribution >= 4 is 11.5 Å². The molecule has 122 valence electrons. The molecule has 1 aliphatic rings. The Hall–Kier alpha value is -3.15. The summed E-state index contributed by atoms with van der Waals surface area (Å²) in [7, 11) is 0. The standard InChI is InChI=1S/C20H15N3O2/c24-25-20(16-11-5-2-6-12-16)18(15-9-3-1-4-10-15)22-19(23-20)17-13-7-8-14-21-17/h1-14,24H. The van der Waals surface area contributed by atoms with Crippen LogP contribution in [0.2, 0.25) is 0 Å². The van der Waals surface area contributed by atoms with E-state index >= 15 is 0 Å². The zero-order valence-corrected chi connectivity index (χ0v) is 13.3. The van der Waals surface area contributed by atoms with Gasteiger partial charge in [-0.25, -0.2) is 15.2 Å². The van der Waals surface area contributed by atoms with Crippen LogP contribution in [0.3, 0.4) is 0 Å². The van der Waals surface area contributed by atoms with Crippen LogP contribution in [0, 0.1) is 0 Å². The molecule has 25 heavy (non-hydrogen) atoms. The minimum absolute atomic E-state index is 0.414. The van der Waals surface area contributed by atoms with Gasteiger partial charge < -0.3 is 0 Å². The number of hydrogen-bond donors (Lipinski definition) is 1. The average molecular weight is 329 g/mol. The summed E-state index contributed by atoms with van der Waals surface area (Å²) >= 11 is 0. The van der Waals surface area contributed by atoms with Crippen LogP contribution >= 0.6 is 0 Å². The number of rotatable bonds is 4. The van der Waals surface area contributed by atoms with Crippen LogP contribution < -0.4 is 0 Å². The molecular weight excluding hydrogens is 314 g/mol. The Morgan fingerprint density at radius 2 is 1.48 bits per heavy atom. The van der Waals surface area contributed by atoms with Crippen LogP contribution in [0.15, 0.2) is 95.0 Å². The molecule has 1 aromatic heterocycles. The van der Waals surface area contributed by atoms with Gasteiger partial charge in [-0.3, -0.25) is 4.98 Å². The largest absolute Gasteiger partial charge is 0.263 e. The van der Waals surface area contributed by atoms with Crippen molar-refractivity contribution in [3.63, 3.8) is 0 Å². The summed E-state index contributed by atoms with van der Waals surface area (Å²) in [6.07, 6.45) is 1.68. The lowest BCUT2D eigenvalue weighted by Crippen LogP contribution is -2.34. The average Bonchev–Trinajstić information content (AvgIpc) is 3.11. The maximum atomic E-state index is 9.86. The smallest absolute Gasteiger partial charge is 0.253 e. The first-order chi connectivity index (χ1) is 12.3. The highest BCUT2D eigenvalue weighted by Gasteiger charge is 2.45. The molecule has 1 unspecified atom stereocenters.